The summed E-state index contributed by atoms with van der Waals surface area (Å²) >= 11 is 5.86. The molecule has 0 saturated carbocycles. The van der Waals surface area contributed by atoms with E-state index in [4.69, 9.17) is 11.6 Å². The molecule has 0 aliphatic heterocycles. The third kappa shape index (κ3) is 3.36. The highest BCUT2D eigenvalue weighted by molar-refractivity contribution is 6.30. The van der Waals surface area contributed by atoms with Gasteiger partial charge >= 0.3 is 0 Å². The zero-order valence-electron chi connectivity index (χ0n) is 12.8. The lowest BCUT2D eigenvalue weighted by atomic mass is 10.1. The van der Waals surface area contributed by atoms with E-state index in [1.807, 2.05) is 12.1 Å². The van der Waals surface area contributed by atoms with E-state index in [1.54, 1.807) is 31.3 Å². The first-order chi connectivity index (χ1) is 11.4. The zero-order valence-corrected chi connectivity index (χ0v) is 13.5. The van der Waals surface area contributed by atoms with Crippen molar-refractivity contribution in [2.45, 2.75) is 13.5 Å². The van der Waals surface area contributed by atoms with Crippen LogP contribution in [0.5, 0.6) is 0 Å². The Labute approximate surface area is 142 Å². The lowest BCUT2D eigenvalue weighted by Crippen LogP contribution is -2.22. The van der Waals surface area contributed by atoms with Gasteiger partial charge in [-0.25, -0.2) is 0 Å². The zero-order chi connectivity index (χ0) is 17.3. The van der Waals surface area contributed by atoms with Gasteiger partial charge in [0.1, 0.15) is 0 Å². The lowest BCUT2D eigenvalue weighted by Gasteiger charge is -2.11. The van der Waals surface area contributed by atoms with E-state index < -0.39 is 11.9 Å². The summed E-state index contributed by atoms with van der Waals surface area (Å²) in [6, 6.07) is 11.1. The van der Waals surface area contributed by atoms with Crippen molar-refractivity contribution in [3.8, 4) is 11.1 Å². The van der Waals surface area contributed by atoms with Crippen molar-refractivity contribution in [1.82, 2.24) is 9.55 Å². The van der Waals surface area contributed by atoms with Gasteiger partial charge in [0.25, 0.3) is 5.56 Å². The Bertz CT molecular complexity index is 952. The summed E-state index contributed by atoms with van der Waals surface area (Å²) in [6.45, 7) is 1.97. The van der Waals surface area contributed by atoms with Gasteiger partial charge in [0.15, 0.2) is 0 Å². The third-order valence-corrected chi connectivity index (χ3v) is 3.91. The van der Waals surface area contributed by atoms with Gasteiger partial charge in [-0.05, 0) is 42.8 Å². The molecule has 0 amide bonds. The van der Waals surface area contributed by atoms with Crippen LogP contribution < -0.4 is 5.56 Å². The van der Waals surface area contributed by atoms with Crippen molar-refractivity contribution in [3.63, 3.8) is 0 Å². The average Bonchev–Trinajstić information content (AvgIpc) is 2.54. The molecule has 122 valence electrons. The fraction of sp³-hybridized carbons (Fsp3) is 0.111. The summed E-state index contributed by atoms with van der Waals surface area (Å²) in [4.78, 5) is 15.5. The first kappa shape index (κ1) is 16.3. The minimum absolute atomic E-state index is 0.143. The predicted molar refractivity (Wildman–Crippen MR) is 89.1 cm³/mol. The first-order valence-corrected chi connectivity index (χ1v) is 7.60. The Hall–Kier alpha value is -2.53. The van der Waals surface area contributed by atoms with Gasteiger partial charge in [-0.2, -0.15) is 13.8 Å². The molecule has 0 atom stereocenters. The smallest absolute Gasteiger partial charge is 0.253 e. The summed E-state index contributed by atoms with van der Waals surface area (Å²) in [5.74, 6) is -1.80. The molecule has 0 unspecified atom stereocenters. The highest BCUT2D eigenvalue weighted by Gasteiger charge is 2.11. The number of nitrogens with zero attached hydrogens (tertiary/aromatic N) is 2. The maximum absolute atomic E-state index is 13.9. The molecular weight excluding hydrogens is 334 g/mol. The quantitative estimate of drug-likeness (QED) is 0.666. The summed E-state index contributed by atoms with van der Waals surface area (Å²) < 4.78 is 28.4. The maximum atomic E-state index is 13.9. The molecule has 0 bridgehead atoms. The van der Waals surface area contributed by atoms with Gasteiger partial charge in [-0.1, -0.05) is 23.7 Å². The Kier molecular flexibility index (Phi) is 4.44. The van der Waals surface area contributed by atoms with Crippen molar-refractivity contribution >= 4 is 11.6 Å². The maximum Gasteiger partial charge on any atom is 0.253 e. The first-order valence-electron chi connectivity index (χ1n) is 7.22. The van der Waals surface area contributed by atoms with Crippen LogP contribution in [-0.2, 0) is 6.54 Å². The second-order valence-electron chi connectivity index (χ2n) is 5.44. The standard InChI is InChI=1S/C18H13ClF2N2O/c1-11-8-13(15-6-7-16(20)22-17(15)21)10-23(18(11)24)9-12-2-4-14(19)5-3-12/h2-8,10H,9H2,1H3. The van der Waals surface area contributed by atoms with Gasteiger partial charge in [0, 0.05) is 27.9 Å². The van der Waals surface area contributed by atoms with Crippen LogP contribution in [0.25, 0.3) is 11.1 Å². The minimum atomic E-state index is -0.911. The SMILES string of the molecule is Cc1cc(-c2ccc(F)nc2F)cn(Cc2ccc(Cl)cc2)c1=O. The van der Waals surface area contributed by atoms with Crippen LogP contribution in [0.3, 0.4) is 0 Å². The van der Waals surface area contributed by atoms with E-state index in [0.717, 1.165) is 11.6 Å². The van der Waals surface area contributed by atoms with Crippen LogP contribution >= 0.6 is 11.6 Å². The molecule has 2 aromatic heterocycles. The van der Waals surface area contributed by atoms with E-state index in [2.05, 4.69) is 4.98 Å². The molecule has 0 fully saturated rings. The third-order valence-electron chi connectivity index (χ3n) is 3.66. The fourth-order valence-electron chi connectivity index (χ4n) is 2.46. The average molecular weight is 347 g/mol. The van der Waals surface area contributed by atoms with E-state index in [1.165, 1.54) is 10.6 Å². The number of pyridine rings is 2. The molecule has 0 radical (unpaired) electrons. The summed E-state index contributed by atoms with van der Waals surface area (Å²) in [5.41, 5.74) is 1.78. The number of aromatic nitrogens is 2. The van der Waals surface area contributed by atoms with Crippen LogP contribution in [-0.4, -0.2) is 9.55 Å². The largest absolute Gasteiger partial charge is 0.310 e. The summed E-state index contributed by atoms with van der Waals surface area (Å²) in [6.07, 6.45) is 1.54. The predicted octanol–water partition coefficient (Wildman–Crippen LogP) is 4.20. The van der Waals surface area contributed by atoms with Crippen LogP contribution in [0.15, 0.2) is 53.5 Å². The molecule has 1 aromatic carbocycles. The molecular formula is C18H13ClF2N2O. The van der Waals surface area contributed by atoms with Crippen molar-refractivity contribution in [2.75, 3.05) is 0 Å². The minimum Gasteiger partial charge on any atom is -0.310 e. The number of aryl methyl sites for hydroxylation is 1. The van der Waals surface area contributed by atoms with Crippen LogP contribution in [0.2, 0.25) is 5.02 Å². The number of hydrogen-bond acceptors (Lipinski definition) is 2. The van der Waals surface area contributed by atoms with E-state index in [-0.39, 0.29) is 11.1 Å². The molecule has 2 heterocycles. The monoisotopic (exact) mass is 346 g/mol. The topological polar surface area (TPSA) is 34.9 Å². The van der Waals surface area contributed by atoms with Crippen molar-refractivity contribution in [2.24, 2.45) is 0 Å². The Morgan fingerprint density at radius 2 is 1.83 bits per heavy atom. The second-order valence-corrected chi connectivity index (χ2v) is 5.88. The van der Waals surface area contributed by atoms with E-state index >= 15 is 0 Å². The fourth-order valence-corrected chi connectivity index (χ4v) is 2.59. The molecule has 0 aliphatic carbocycles. The number of hydrogen-bond donors (Lipinski definition) is 0. The highest BCUT2D eigenvalue weighted by Crippen LogP contribution is 2.22. The van der Waals surface area contributed by atoms with Crippen molar-refractivity contribution in [3.05, 3.63) is 87.1 Å². The van der Waals surface area contributed by atoms with Crippen molar-refractivity contribution in [1.29, 1.82) is 0 Å². The number of halogens is 3. The molecule has 6 heteroatoms. The molecule has 0 aliphatic rings. The van der Waals surface area contributed by atoms with Gasteiger partial charge in [0.2, 0.25) is 11.9 Å². The number of rotatable bonds is 3. The second kappa shape index (κ2) is 6.53. The van der Waals surface area contributed by atoms with Gasteiger partial charge in [0.05, 0.1) is 6.54 Å². The van der Waals surface area contributed by atoms with Gasteiger partial charge in [-0.3, -0.25) is 4.79 Å². The Morgan fingerprint density at radius 3 is 2.50 bits per heavy atom. The van der Waals surface area contributed by atoms with Gasteiger partial charge in [-0.15, -0.1) is 0 Å². The molecule has 24 heavy (non-hydrogen) atoms. The van der Waals surface area contributed by atoms with E-state index in [0.29, 0.717) is 22.7 Å². The Balaban J connectivity index is 2.05. The van der Waals surface area contributed by atoms with Crippen molar-refractivity contribution < 1.29 is 8.78 Å². The van der Waals surface area contributed by atoms with E-state index in [9.17, 15) is 13.6 Å². The van der Waals surface area contributed by atoms with Crippen LogP contribution in [0.1, 0.15) is 11.1 Å². The molecule has 3 rings (SSSR count). The van der Waals surface area contributed by atoms with Crippen LogP contribution in [0.4, 0.5) is 8.78 Å². The molecule has 3 aromatic rings. The summed E-state index contributed by atoms with van der Waals surface area (Å²) in [5, 5.41) is 0.607. The van der Waals surface area contributed by atoms with Gasteiger partial charge < -0.3 is 4.57 Å². The molecule has 0 N–H and O–H groups in total. The molecule has 0 spiro atoms. The number of benzene rings is 1. The lowest BCUT2D eigenvalue weighted by molar-refractivity contribution is 0.515. The molecule has 3 nitrogen and oxygen atoms in total. The Morgan fingerprint density at radius 1 is 1.12 bits per heavy atom. The normalized spacial score (nSPS) is 10.8. The summed E-state index contributed by atoms with van der Waals surface area (Å²) in [7, 11) is 0. The van der Waals surface area contributed by atoms with Crippen LogP contribution in [0, 0.1) is 18.8 Å². The molecule has 0 saturated heterocycles. The highest BCUT2D eigenvalue weighted by atomic mass is 35.5.